The van der Waals surface area contributed by atoms with Gasteiger partial charge in [0.15, 0.2) is 0 Å². The lowest BCUT2D eigenvalue weighted by atomic mass is 9.88. The average Bonchev–Trinajstić information content (AvgIpc) is 3.46. The van der Waals surface area contributed by atoms with Crippen LogP contribution < -0.4 is 5.32 Å². The van der Waals surface area contributed by atoms with Crippen molar-refractivity contribution in [2.45, 2.75) is 38.1 Å². The molecule has 1 aliphatic heterocycles. The Labute approximate surface area is 182 Å². The van der Waals surface area contributed by atoms with E-state index in [1.54, 1.807) is 17.0 Å². The molecule has 6 nitrogen and oxygen atoms in total. The van der Waals surface area contributed by atoms with Crippen LogP contribution in [0.15, 0.2) is 71.3 Å². The smallest absolute Gasteiger partial charge is 0.254 e. The maximum atomic E-state index is 13.4. The average molecular weight is 418 g/mol. The Morgan fingerprint density at radius 3 is 2.52 bits per heavy atom. The molecule has 3 aromatic rings. The molecule has 1 fully saturated rings. The molecule has 0 radical (unpaired) electrons. The molecule has 1 N–H and O–H groups in total. The fourth-order valence-electron chi connectivity index (χ4n) is 4.24. The minimum absolute atomic E-state index is 0.131. The molecule has 1 saturated heterocycles. The number of nitrogens with one attached hydrogen (secondary N) is 1. The standard InChI is InChI=1S/C25H27N3O3/c1-2-15-26-24(30)25(14-9-16-28(25)23(29)20-12-7-4-8-13-20)18-21-17-22(27-31-21)19-10-5-3-6-11-19/h3-8,10-13,17H,2,9,14-16,18H2,1H3,(H,26,30)/t25-/m1/s1. The second kappa shape index (κ2) is 9.16. The summed E-state index contributed by atoms with van der Waals surface area (Å²) in [4.78, 5) is 28.5. The van der Waals surface area contributed by atoms with Gasteiger partial charge in [0.05, 0.1) is 0 Å². The summed E-state index contributed by atoms with van der Waals surface area (Å²) in [5.74, 6) is 0.333. The fraction of sp³-hybridized carbons (Fsp3) is 0.320. The number of aromatic nitrogens is 1. The van der Waals surface area contributed by atoms with Gasteiger partial charge in [-0.2, -0.15) is 0 Å². The molecule has 0 bridgehead atoms. The predicted octanol–water partition coefficient (Wildman–Crippen LogP) is 4.09. The number of rotatable bonds is 7. The topological polar surface area (TPSA) is 75.4 Å². The zero-order chi connectivity index (χ0) is 21.7. The van der Waals surface area contributed by atoms with Gasteiger partial charge in [-0.25, -0.2) is 0 Å². The van der Waals surface area contributed by atoms with Crippen molar-refractivity contribution in [2.24, 2.45) is 0 Å². The van der Waals surface area contributed by atoms with E-state index in [0.29, 0.717) is 37.3 Å². The van der Waals surface area contributed by atoms with E-state index in [1.807, 2.05) is 61.5 Å². The molecule has 31 heavy (non-hydrogen) atoms. The van der Waals surface area contributed by atoms with Crippen molar-refractivity contribution in [2.75, 3.05) is 13.1 Å². The number of benzene rings is 2. The van der Waals surface area contributed by atoms with E-state index >= 15 is 0 Å². The molecule has 4 rings (SSSR count). The van der Waals surface area contributed by atoms with E-state index in [4.69, 9.17) is 4.52 Å². The van der Waals surface area contributed by atoms with Crippen molar-refractivity contribution in [1.82, 2.24) is 15.4 Å². The van der Waals surface area contributed by atoms with Gasteiger partial charge >= 0.3 is 0 Å². The Balaban J connectivity index is 1.66. The SMILES string of the molecule is CCCNC(=O)[C@]1(Cc2cc(-c3ccccc3)no2)CCCN1C(=O)c1ccccc1. The predicted molar refractivity (Wildman–Crippen MR) is 118 cm³/mol. The first-order valence-corrected chi connectivity index (χ1v) is 10.8. The third kappa shape index (κ3) is 4.24. The van der Waals surface area contributed by atoms with Crippen molar-refractivity contribution >= 4 is 11.8 Å². The van der Waals surface area contributed by atoms with Gasteiger partial charge in [0, 0.05) is 36.7 Å². The molecule has 1 atom stereocenters. The van der Waals surface area contributed by atoms with Crippen molar-refractivity contribution < 1.29 is 14.1 Å². The highest BCUT2D eigenvalue weighted by Gasteiger charge is 2.50. The number of amides is 2. The molecule has 0 spiro atoms. The minimum atomic E-state index is -0.990. The summed E-state index contributed by atoms with van der Waals surface area (Å²) >= 11 is 0. The van der Waals surface area contributed by atoms with Crippen LogP contribution in [-0.2, 0) is 11.2 Å². The largest absolute Gasteiger partial charge is 0.361 e. The maximum Gasteiger partial charge on any atom is 0.254 e. The minimum Gasteiger partial charge on any atom is -0.361 e. The zero-order valence-electron chi connectivity index (χ0n) is 17.7. The second-order valence-corrected chi connectivity index (χ2v) is 7.94. The second-order valence-electron chi connectivity index (χ2n) is 7.94. The zero-order valence-corrected chi connectivity index (χ0v) is 17.7. The van der Waals surface area contributed by atoms with Gasteiger partial charge in [0.2, 0.25) is 5.91 Å². The van der Waals surface area contributed by atoms with Crippen LogP contribution in [0.3, 0.4) is 0 Å². The number of carbonyl (C=O) groups is 2. The first-order valence-electron chi connectivity index (χ1n) is 10.8. The van der Waals surface area contributed by atoms with E-state index in [0.717, 1.165) is 24.1 Å². The molecule has 1 aliphatic rings. The fourth-order valence-corrected chi connectivity index (χ4v) is 4.24. The summed E-state index contributed by atoms with van der Waals surface area (Å²) in [5, 5.41) is 7.21. The lowest BCUT2D eigenvalue weighted by Crippen LogP contribution is -2.58. The molecule has 2 heterocycles. The number of likely N-dealkylation sites (tertiary alicyclic amines) is 1. The van der Waals surface area contributed by atoms with Gasteiger partial charge < -0.3 is 14.7 Å². The van der Waals surface area contributed by atoms with Crippen molar-refractivity contribution in [3.05, 3.63) is 78.1 Å². The Kier molecular flexibility index (Phi) is 6.16. The van der Waals surface area contributed by atoms with Crippen LogP contribution >= 0.6 is 0 Å². The van der Waals surface area contributed by atoms with Gasteiger partial charge in [0.25, 0.3) is 5.91 Å². The van der Waals surface area contributed by atoms with E-state index < -0.39 is 5.54 Å². The van der Waals surface area contributed by atoms with Crippen LogP contribution in [0, 0.1) is 0 Å². The van der Waals surface area contributed by atoms with Crippen LogP contribution in [0.4, 0.5) is 0 Å². The summed E-state index contributed by atoms with van der Waals surface area (Å²) in [6, 6.07) is 20.8. The molecule has 1 aromatic heterocycles. The van der Waals surface area contributed by atoms with E-state index in [-0.39, 0.29) is 11.8 Å². The number of hydrogen-bond acceptors (Lipinski definition) is 4. The highest BCUT2D eigenvalue weighted by atomic mass is 16.5. The lowest BCUT2D eigenvalue weighted by Gasteiger charge is -2.36. The van der Waals surface area contributed by atoms with Crippen molar-refractivity contribution in [3.8, 4) is 11.3 Å². The van der Waals surface area contributed by atoms with Gasteiger partial charge in [-0.15, -0.1) is 0 Å². The summed E-state index contributed by atoms with van der Waals surface area (Å²) in [7, 11) is 0. The molecule has 0 aliphatic carbocycles. The lowest BCUT2D eigenvalue weighted by molar-refractivity contribution is -0.131. The molecule has 0 saturated carbocycles. The number of nitrogens with zero attached hydrogens (tertiary/aromatic N) is 2. The highest BCUT2D eigenvalue weighted by molar-refractivity contribution is 5.99. The van der Waals surface area contributed by atoms with Gasteiger partial charge in [-0.1, -0.05) is 60.6 Å². The molecule has 0 unspecified atom stereocenters. The van der Waals surface area contributed by atoms with Crippen LogP contribution in [-0.4, -0.2) is 40.5 Å². The highest BCUT2D eigenvalue weighted by Crippen LogP contribution is 2.35. The molecule has 6 heteroatoms. The third-order valence-corrected chi connectivity index (χ3v) is 5.81. The number of carbonyl (C=O) groups excluding carboxylic acids is 2. The van der Waals surface area contributed by atoms with Crippen LogP contribution in [0.1, 0.15) is 42.3 Å². The molecule has 2 amide bonds. The van der Waals surface area contributed by atoms with Crippen LogP contribution in [0.25, 0.3) is 11.3 Å². The van der Waals surface area contributed by atoms with Gasteiger partial charge in [-0.05, 0) is 31.4 Å². The molecular weight excluding hydrogens is 390 g/mol. The molecular formula is C25H27N3O3. The quantitative estimate of drug-likeness (QED) is 0.628. The summed E-state index contributed by atoms with van der Waals surface area (Å²) < 4.78 is 5.63. The Bertz CT molecular complexity index is 1030. The van der Waals surface area contributed by atoms with Crippen molar-refractivity contribution in [1.29, 1.82) is 0 Å². The van der Waals surface area contributed by atoms with E-state index in [1.165, 1.54) is 0 Å². The van der Waals surface area contributed by atoms with Crippen LogP contribution in [0.2, 0.25) is 0 Å². The monoisotopic (exact) mass is 417 g/mol. The summed E-state index contributed by atoms with van der Waals surface area (Å²) in [6.45, 7) is 3.11. The van der Waals surface area contributed by atoms with E-state index in [9.17, 15) is 9.59 Å². The normalized spacial score (nSPS) is 18.2. The maximum absolute atomic E-state index is 13.4. The molecule has 160 valence electrons. The Hall–Kier alpha value is -3.41. The van der Waals surface area contributed by atoms with Gasteiger partial charge in [-0.3, -0.25) is 9.59 Å². The van der Waals surface area contributed by atoms with E-state index in [2.05, 4.69) is 10.5 Å². The number of hydrogen-bond donors (Lipinski definition) is 1. The summed E-state index contributed by atoms with van der Waals surface area (Å²) in [5.41, 5.74) is 1.26. The van der Waals surface area contributed by atoms with Gasteiger partial charge in [0.1, 0.15) is 17.0 Å². The molecule has 2 aromatic carbocycles. The summed E-state index contributed by atoms with van der Waals surface area (Å²) in [6.07, 6.45) is 2.47. The van der Waals surface area contributed by atoms with Crippen LogP contribution in [0.5, 0.6) is 0 Å². The first kappa shape index (κ1) is 20.8. The first-order chi connectivity index (χ1) is 15.1. The van der Waals surface area contributed by atoms with Crippen molar-refractivity contribution in [3.63, 3.8) is 0 Å². The Morgan fingerprint density at radius 2 is 1.81 bits per heavy atom. The Morgan fingerprint density at radius 1 is 1.10 bits per heavy atom. The third-order valence-electron chi connectivity index (χ3n) is 5.81.